The van der Waals surface area contributed by atoms with Crippen molar-refractivity contribution in [2.75, 3.05) is 36.0 Å². The number of amides is 5. The predicted octanol–water partition coefficient (Wildman–Crippen LogP) is 5.27. The molecule has 5 aliphatic heterocycles. The van der Waals surface area contributed by atoms with Gasteiger partial charge in [0.2, 0.25) is 17.7 Å². The Morgan fingerprint density at radius 2 is 1.53 bits per heavy atom. The first-order valence-electron chi connectivity index (χ1n) is 21.3. The minimum atomic E-state index is -0.965. The highest BCUT2D eigenvalue weighted by atomic mass is 16.5. The van der Waals surface area contributed by atoms with Gasteiger partial charge in [0.05, 0.1) is 35.2 Å². The lowest BCUT2D eigenvalue weighted by molar-refractivity contribution is -0.136. The standard InChI is InChI=1S/C44H51N7O6/c1-26-5-9-35-37(50(26)42(54)27-6-7-27)12-11-33(40(35)57-32-3-2-4-32)28-24-45-49(25-28)30-17-21-47(22-18-30)29-15-19-48(20-16-29)31-8-10-34-36(23-31)44(56)51(43(34)55)38-13-14-39(52)46-41(38)53/h8,10-12,23-27,29-30,32,38H,2-7,9,13-22H2,1H3,(H,46,52,53)/t26-,38?/m0/s1. The van der Waals surface area contributed by atoms with Crippen LogP contribution in [0.15, 0.2) is 42.7 Å². The van der Waals surface area contributed by atoms with E-state index in [2.05, 4.69) is 50.0 Å². The van der Waals surface area contributed by atoms with Crippen molar-refractivity contribution in [1.82, 2.24) is 24.9 Å². The molecular weight excluding hydrogens is 723 g/mol. The van der Waals surface area contributed by atoms with Crippen LogP contribution in [0.3, 0.4) is 0 Å². The number of hydrogen-bond donors (Lipinski definition) is 1. The molecule has 1 N–H and O–H groups in total. The zero-order valence-corrected chi connectivity index (χ0v) is 32.7. The Kier molecular flexibility index (Phi) is 9.18. The third-order valence-corrected chi connectivity index (χ3v) is 13.8. The van der Waals surface area contributed by atoms with Crippen LogP contribution in [0.1, 0.15) is 116 Å². The van der Waals surface area contributed by atoms with Gasteiger partial charge in [-0.1, -0.05) is 0 Å². The minimum absolute atomic E-state index is 0.1000. The van der Waals surface area contributed by atoms with E-state index in [1.807, 2.05) is 12.3 Å². The Labute approximate surface area is 332 Å². The van der Waals surface area contributed by atoms with Crippen molar-refractivity contribution in [3.63, 3.8) is 0 Å². The van der Waals surface area contributed by atoms with Crippen LogP contribution < -0.4 is 19.9 Å². The molecule has 298 valence electrons. The molecule has 5 amide bonds. The number of nitrogens with one attached hydrogen (secondary N) is 1. The summed E-state index contributed by atoms with van der Waals surface area (Å²) in [7, 11) is 0. The van der Waals surface area contributed by atoms with Crippen molar-refractivity contribution in [2.45, 2.75) is 121 Å². The van der Waals surface area contributed by atoms with Crippen LogP contribution in [0.25, 0.3) is 11.1 Å². The minimum Gasteiger partial charge on any atom is -0.489 e. The summed E-state index contributed by atoms with van der Waals surface area (Å²) in [4.78, 5) is 72.1. The summed E-state index contributed by atoms with van der Waals surface area (Å²) >= 11 is 0. The molecule has 0 bridgehead atoms. The van der Waals surface area contributed by atoms with Crippen molar-refractivity contribution in [3.05, 3.63) is 59.4 Å². The van der Waals surface area contributed by atoms with Crippen LogP contribution in [0.2, 0.25) is 0 Å². The Bertz CT molecular complexity index is 2140. The highest BCUT2D eigenvalue weighted by Crippen LogP contribution is 2.46. The SMILES string of the molecule is C[C@H]1CCc2c(ccc(-c3cnn(C4CCN(C5CCN(c6ccc7c(c6)C(=O)N(C6CCC(=O)NC6=O)C7=O)CC5)CC4)c3)c2OC2CCC2)N1C(=O)C1CC1. The van der Waals surface area contributed by atoms with Crippen molar-refractivity contribution in [3.8, 4) is 16.9 Å². The third-order valence-electron chi connectivity index (χ3n) is 13.8. The van der Waals surface area contributed by atoms with E-state index in [-0.39, 0.29) is 42.7 Å². The molecule has 0 radical (unpaired) electrons. The number of fused-ring (bicyclic) bond motifs is 2. The average Bonchev–Trinajstić information content (AvgIpc) is 3.90. The number of carbonyl (C=O) groups is 5. The largest absolute Gasteiger partial charge is 0.489 e. The topological polar surface area (TPSA) is 137 Å². The second-order valence-corrected chi connectivity index (χ2v) is 17.4. The van der Waals surface area contributed by atoms with Gasteiger partial charge < -0.3 is 19.4 Å². The number of hydrogen-bond acceptors (Lipinski definition) is 9. The fraction of sp³-hybridized carbons (Fsp3) is 0.545. The number of aromatic nitrogens is 2. The molecule has 6 heterocycles. The first kappa shape index (κ1) is 36.3. The molecule has 7 aliphatic rings. The smallest absolute Gasteiger partial charge is 0.262 e. The lowest BCUT2D eigenvalue weighted by atomic mass is 9.91. The highest BCUT2D eigenvalue weighted by molar-refractivity contribution is 6.23. The zero-order valence-electron chi connectivity index (χ0n) is 32.7. The monoisotopic (exact) mass is 773 g/mol. The summed E-state index contributed by atoms with van der Waals surface area (Å²) in [5.74, 6) is -0.533. The van der Waals surface area contributed by atoms with Gasteiger partial charge in [-0.3, -0.25) is 38.9 Å². The first-order valence-corrected chi connectivity index (χ1v) is 21.3. The number of likely N-dealkylation sites (tertiary alicyclic amines) is 1. The van der Waals surface area contributed by atoms with Crippen molar-refractivity contribution in [2.24, 2.45) is 5.92 Å². The molecule has 1 aromatic heterocycles. The number of benzene rings is 2. The maximum Gasteiger partial charge on any atom is 0.262 e. The van der Waals surface area contributed by atoms with Crippen LogP contribution in [0.4, 0.5) is 11.4 Å². The van der Waals surface area contributed by atoms with E-state index in [4.69, 9.17) is 9.84 Å². The number of imide groups is 2. The molecule has 13 nitrogen and oxygen atoms in total. The van der Waals surface area contributed by atoms with Crippen LogP contribution >= 0.6 is 0 Å². The molecule has 10 rings (SSSR count). The maximum atomic E-state index is 13.4. The lowest BCUT2D eigenvalue weighted by Crippen LogP contribution is -2.54. The second-order valence-electron chi connectivity index (χ2n) is 17.4. The summed E-state index contributed by atoms with van der Waals surface area (Å²) in [6.07, 6.45) is 15.9. The van der Waals surface area contributed by atoms with Crippen molar-refractivity contribution in [1.29, 1.82) is 0 Å². The van der Waals surface area contributed by atoms with Gasteiger partial charge in [0.25, 0.3) is 11.8 Å². The van der Waals surface area contributed by atoms with E-state index < -0.39 is 23.8 Å². The third kappa shape index (κ3) is 6.51. The molecule has 3 saturated heterocycles. The van der Waals surface area contributed by atoms with Crippen LogP contribution in [0.5, 0.6) is 5.75 Å². The fourth-order valence-electron chi connectivity index (χ4n) is 10.0. The lowest BCUT2D eigenvalue weighted by Gasteiger charge is -2.42. The summed E-state index contributed by atoms with van der Waals surface area (Å²) in [5.41, 5.74) is 5.90. The van der Waals surface area contributed by atoms with Gasteiger partial charge in [0, 0.05) is 79.2 Å². The molecule has 2 aliphatic carbocycles. The van der Waals surface area contributed by atoms with Crippen LogP contribution in [-0.4, -0.2) is 99.5 Å². The molecule has 1 unspecified atom stereocenters. The molecular formula is C44H51N7O6. The van der Waals surface area contributed by atoms with E-state index in [0.717, 1.165) is 124 Å². The van der Waals surface area contributed by atoms with Gasteiger partial charge in [-0.15, -0.1) is 0 Å². The normalized spacial score (nSPS) is 25.0. The van der Waals surface area contributed by atoms with Gasteiger partial charge in [0.1, 0.15) is 11.8 Å². The van der Waals surface area contributed by atoms with Crippen LogP contribution in [-0.2, 0) is 20.8 Å². The molecule has 0 spiro atoms. The molecule has 57 heavy (non-hydrogen) atoms. The van der Waals surface area contributed by atoms with Gasteiger partial charge in [-0.25, -0.2) is 0 Å². The molecule has 2 saturated carbocycles. The zero-order chi connectivity index (χ0) is 38.9. The van der Waals surface area contributed by atoms with E-state index >= 15 is 0 Å². The van der Waals surface area contributed by atoms with Crippen LogP contribution in [0, 0.1) is 5.92 Å². The summed E-state index contributed by atoms with van der Waals surface area (Å²) in [5, 5.41) is 7.17. The Hall–Kier alpha value is -5.04. The number of rotatable bonds is 8. The number of ether oxygens (including phenoxy) is 1. The first-order chi connectivity index (χ1) is 27.7. The van der Waals surface area contributed by atoms with E-state index in [1.165, 1.54) is 12.0 Å². The van der Waals surface area contributed by atoms with Crippen molar-refractivity contribution >= 4 is 40.9 Å². The van der Waals surface area contributed by atoms with E-state index in [0.29, 0.717) is 23.2 Å². The van der Waals surface area contributed by atoms with Crippen molar-refractivity contribution < 1.29 is 28.7 Å². The quantitative estimate of drug-likeness (QED) is 0.304. The highest BCUT2D eigenvalue weighted by Gasteiger charge is 2.45. The number of piperidine rings is 3. The predicted molar refractivity (Wildman–Crippen MR) is 212 cm³/mol. The van der Waals surface area contributed by atoms with E-state index in [1.54, 1.807) is 12.1 Å². The summed E-state index contributed by atoms with van der Waals surface area (Å²) < 4.78 is 8.93. The Morgan fingerprint density at radius 1 is 0.789 bits per heavy atom. The molecule has 2 atom stereocenters. The molecule has 5 fully saturated rings. The van der Waals surface area contributed by atoms with Gasteiger partial charge in [-0.2, -0.15) is 5.10 Å². The number of anilines is 2. The molecule has 2 aromatic carbocycles. The Morgan fingerprint density at radius 3 is 2.25 bits per heavy atom. The number of nitrogens with zero attached hydrogens (tertiary/aromatic N) is 6. The fourth-order valence-corrected chi connectivity index (χ4v) is 10.0. The van der Waals surface area contributed by atoms with Gasteiger partial charge >= 0.3 is 0 Å². The van der Waals surface area contributed by atoms with Gasteiger partial charge in [-0.05, 0) is 114 Å². The second kappa shape index (κ2) is 14.4. The summed E-state index contributed by atoms with van der Waals surface area (Å²) in [6, 6.07) is 9.74. The maximum absolute atomic E-state index is 13.4. The van der Waals surface area contributed by atoms with E-state index in [9.17, 15) is 24.0 Å². The average molecular weight is 774 g/mol. The van der Waals surface area contributed by atoms with Gasteiger partial charge in [0.15, 0.2) is 0 Å². The number of carbonyl (C=O) groups excluding carboxylic acids is 5. The molecule has 3 aromatic rings. The Balaban J connectivity index is 0.774. The summed E-state index contributed by atoms with van der Waals surface area (Å²) in [6.45, 7) is 5.89. The molecule has 13 heteroatoms.